The van der Waals surface area contributed by atoms with Gasteiger partial charge in [-0.3, -0.25) is 4.79 Å². The Balaban J connectivity index is 3.92. The largest absolute Gasteiger partial charge is 0.433 e. The maximum absolute atomic E-state index is 11.7. The van der Waals surface area contributed by atoms with Crippen LogP contribution in [0.2, 0.25) is 0 Å². The van der Waals surface area contributed by atoms with E-state index in [2.05, 4.69) is 29.8 Å². The highest BCUT2D eigenvalue weighted by atomic mass is 79.9. The molecule has 0 saturated heterocycles. The molecule has 0 heterocycles. The maximum atomic E-state index is 11.7. The standard InChI is InChI=1S/C18H35BrO4/c1-3-5-7-9-14-21-16-18(22-15-10-8-6-4-2)23-17(20)12-11-13-19/h18H,3-16H2,1-2H3. The Kier molecular flexibility index (Phi) is 18.1. The highest BCUT2D eigenvalue weighted by Crippen LogP contribution is 2.06. The molecule has 0 aromatic rings. The van der Waals surface area contributed by atoms with Gasteiger partial charge >= 0.3 is 5.97 Å². The third kappa shape index (κ3) is 16.5. The minimum Gasteiger partial charge on any atom is -0.433 e. The lowest BCUT2D eigenvalue weighted by Gasteiger charge is -2.18. The molecule has 0 aliphatic carbocycles. The molecule has 5 heteroatoms. The molecule has 0 aromatic carbocycles. The predicted molar refractivity (Wildman–Crippen MR) is 98.0 cm³/mol. The van der Waals surface area contributed by atoms with Crippen molar-refractivity contribution in [2.45, 2.75) is 84.3 Å². The van der Waals surface area contributed by atoms with Crippen LogP contribution in [0.1, 0.15) is 78.1 Å². The molecule has 0 aliphatic heterocycles. The van der Waals surface area contributed by atoms with Gasteiger partial charge in [-0.1, -0.05) is 68.3 Å². The van der Waals surface area contributed by atoms with Gasteiger partial charge in [0.2, 0.25) is 6.29 Å². The van der Waals surface area contributed by atoms with E-state index in [1.807, 2.05) is 0 Å². The van der Waals surface area contributed by atoms with Crippen LogP contribution in [0.25, 0.3) is 0 Å². The Labute approximate surface area is 150 Å². The third-order valence-corrected chi connectivity index (χ3v) is 4.04. The van der Waals surface area contributed by atoms with E-state index in [0.29, 0.717) is 26.2 Å². The summed E-state index contributed by atoms with van der Waals surface area (Å²) < 4.78 is 16.7. The molecule has 4 nitrogen and oxygen atoms in total. The number of halogens is 1. The highest BCUT2D eigenvalue weighted by molar-refractivity contribution is 9.09. The molecule has 0 bridgehead atoms. The van der Waals surface area contributed by atoms with Crippen LogP contribution >= 0.6 is 15.9 Å². The minimum atomic E-state index is -0.564. The molecule has 0 spiro atoms. The maximum Gasteiger partial charge on any atom is 0.308 e. The summed E-state index contributed by atoms with van der Waals surface area (Å²) >= 11 is 3.32. The number of esters is 1. The number of ether oxygens (including phenoxy) is 3. The Morgan fingerprint density at radius 2 is 1.57 bits per heavy atom. The van der Waals surface area contributed by atoms with E-state index < -0.39 is 6.29 Å². The van der Waals surface area contributed by atoms with Gasteiger partial charge in [0.15, 0.2) is 0 Å². The average Bonchev–Trinajstić information content (AvgIpc) is 2.55. The zero-order chi connectivity index (χ0) is 17.2. The van der Waals surface area contributed by atoms with Gasteiger partial charge in [0, 0.05) is 18.4 Å². The van der Waals surface area contributed by atoms with Crippen LogP contribution in [0.4, 0.5) is 0 Å². The normalized spacial score (nSPS) is 12.3. The van der Waals surface area contributed by atoms with E-state index in [1.165, 1.54) is 32.1 Å². The molecule has 0 amide bonds. The van der Waals surface area contributed by atoms with E-state index in [1.54, 1.807) is 0 Å². The van der Waals surface area contributed by atoms with Crippen molar-refractivity contribution in [1.82, 2.24) is 0 Å². The van der Waals surface area contributed by atoms with Gasteiger partial charge in [-0.15, -0.1) is 0 Å². The summed E-state index contributed by atoms with van der Waals surface area (Å²) in [6, 6.07) is 0. The molecule has 0 saturated carbocycles. The molecule has 0 aliphatic rings. The fraction of sp³-hybridized carbons (Fsp3) is 0.944. The number of carbonyl (C=O) groups excluding carboxylic acids is 1. The zero-order valence-electron chi connectivity index (χ0n) is 15.0. The minimum absolute atomic E-state index is 0.211. The second-order valence-corrected chi connectivity index (χ2v) is 6.57. The van der Waals surface area contributed by atoms with Gasteiger partial charge in [-0.25, -0.2) is 0 Å². The summed E-state index contributed by atoms with van der Waals surface area (Å²) in [5.74, 6) is -0.211. The number of carbonyl (C=O) groups is 1. The zero-order valence-corrected chi connectivity index (χ0v) is 16.6. The van der Waals surface area contributed by atoms with Crippen LogP contribution in [-0.4, -0.2) is 37.4 Å². The summed E-state index contributed by atoms with van der Waals surface area (Å²) in [6.07, 6.45) is 9.88. The number of rotatable bonds is 17. The molecule has 0 aromatic heterocycles. The van der Waals surface area contributed by atoms with Crippen molar-refractivity contribution < 1.29 is 19.0 Å². The Bertz CT molecular complexity index is 261. The Morgan fingerprint density at radius 3 is 2.17 bits per heavy atom. The van der Waals surface area contributed by atoms with Crippen LogP contribution in [0, 0.1) is 0 Å². The second kappa shape index (κ2) is 18.2. The highest BCUT2D eigenvalue weighted by Gasteiger charge is 2.15. The Morgan fingerprint density at radius 1 is 0.913 bits per heavy atom. The van der Waals surface area contributed by atoms with Crippen LogP contribution < -0.4 is 0 Å². The Hall–Kier alpha value is -0.130. The molecule has 1 atom stereocenters. The second-order valence-electron chi connectivity index (χ2n) is 5.78. The fourth-order valence-electron chi connectivity index (χ4n) is 2.09. The van der Waals surface area contributed by atoms with Crippen molar-refractivity contribution in [3.63, 3.8) is 0 Å². The number of unbranched alkanes of at least 4 members (excludes halogenated alkanes) is 6. The topological polar surface area (TPSA) is 44.8 Å². The van der Waals surface area contributed by atoms with Gasteiger partial charge in [-0.2, -0.15) is 0 Å². The summed E-state index contributed by atoms with van der Waals surface area (Å²) in [7, 11) is 0. The first kappa shape index (κ1) is 22.9. The average molecular weight is 395 g/mol. The van der Waals surface area contributed by atoms with E-state index >= 15 is 0 Å². The predicted octanol–water partition coefficient (Wildman–Crippen LogP) is 5.22. The lowest BCUT2D eigenvalue weighted by atomic mass is 10.2. The molecular formula is C18H35BrO4. The van der Waals surface area contributed by atoms with Gasteiger partial charge in [0.05, 0.1) is 6.61 Å². The van der Waals surface area contributed by atoms with E-state index in [-0.39, 0.29) is 5.97 Å². The molecule has 1 unspecified atom stereocenters. The summed E-state index contributed by atoms with van der Waals surface area (Å²) in [4.78, 5) is 11.7. The summed E-state index contributed by atoms with van der Waals surface area (Å²) in [6.45, 7) is 6.03. The van der Waals surface area contributed by atoms with Crippen molar-refractivity contribution in [3.8, 4) is 0 Å². The van der Waals surface area contributed by atoms with Crippen molar-refractivity contribution in [2.24, 2.45) is 0 Å². The molecule has 0 radical (unpaired) electrons. The summed E-state index contributed by atoms with van der Waals surface area (Å²) in [5, 5.41) is 0.804. The van der Waals surface area contributed by atoms with Crippen LogP contribution in [0.5, 0.6) is 0 Å². The first-order valence-corrected chi connectivity index (χ1v) is 10.3. The van der Waals surface area contributed by atoms with E-state index in [9.17, 15) is 4.79 Å². The van der Waals surface area contributed by atoms with Crippen molar-refractivity contribution in [3.05, 3.63) is 0 Å². The molecule has 138 valence electrons. The number of alkyl halides is 1. The van der Waals surface area contributed by atoms with Crippen molar-refractivity contribution in [1.29, 1.82) is 0 Å². The van der Waals surface area contributed by atoms with E-state index in [0.717, 1.165) is 31.0 Å². The number of hydrogen-bond acceptors (Lipinski definition) is 4. The van der Waals surface area contributed by atoms with Crippen molar-refractivity contribution >= 4 is 21.9 Å². The summed E-state index contributed by atoms with van der Waals surface area (Å²) in [5.41, 5.74) is 0. The lowest BCUT2D eigenvalue weighted by Crippen LogP contribution is -2.27. The van der Waals surface area contributed by atoms with Gasteiger partial charge in [0.1, 0.15) is 6.61 Å². The van der Waals surface area contributed by atoms with Crippen LogP contribution in [-0.2, 0) is 19.0 Å². The lowest BCUT2D eigenvalue weighted by molar-refractivity contribution is -0.191. The quantitative estimate of drug-likeness (QED) is 0.147. The van der Waals surface area contributed by atoms with Crippen molar-refractivity contribution in [2.75, 3.05) is 25.2 Å². The number of hydrogen-bond donors (Lipinski definition) is 0. The van der Waals surface area contributed by atoms with Crippen LogP contribution in [0.3, 0.4) is 0 Å². The SMILES string of the molecule is CCCCCCOCC(OCCCCCC)OC(=O)CCCBr. The molecule has 0 rings (SSSR count). The molecule has 0 N–H and O–H groups in total. The molecule has 0 fully saturated rings. The van der Waals surface area contributed by atoms with E-state index in [4.69, 9.17) is 14.2 Å². The first-order chi connectivity index (χ1) is 11.2. The molecular weight excluding hydrogens is 360 g/mol. The van der Waals surface area contributed by atoms with Gasteiger partial charge in [-0.05, 0) is 19.3 Å². The van der Waals surface area contributed by atoms with Gasteiger partial charge < -0.3 is 14.2 Å². The van der Waals surface area contributed by atoms with Gasteiger partial charge in [0.25, 0.3) is 0 Å². The first-order valence-electron chi connectivity index (χ1n) is 9.19. The monoisotopic (exact) mass is 394 g/mol. The third-order valence-electron chi connectivity index (χ3n) is 3.48. The van der Waals surface area contributed by atoms with Crippen LogP contribution in [0.15, 0.2) is 0 Å². The fourth-order valence-corrected chi connectivity index (χ4v) is 2.37. The molecule has 23 heavy (non-hydrogen) atoms. The smallest absolute Gasteiger partial charge is 0.308 e.